The Morgan fingerprint density at radius 1 is 0.565 bits per heavy atom. The summed E-state index contributed by atoms with van der Waals surface area (Å²) in [6.45, 7) is 0. The highest BCUT2D eigenvalue weighted by atomic mass is 16.5. The Labute approximate surface area is 137 Å². The quantitative estimate of drug-likeness (QED) is 0.619. The molecule has 3 aromatic rings. The average Bonchev–Trinajstić information content (AvgIpc) is 2.59. The molecule has 0 aromatic heterocycles. The third-order valence-corrected chi connectivity index (χ3v) is 4.51. The van der Waals surface area contributed by atoms with Gasteiger partial charge in [-0.2, -0.15) is 0 Å². The van der Waals surface area contributed by atoms with Crippen LogP contribution in [-0.2, 0) is 25.7 Å². The van der Waals surface area contributed by atoms with E-state index < -0.39 is 0 Å². The molecule has 0 unspecified atom stereocenters. The van der Waals surface area contributed by atoms with Gasteiger partial charge in [-0.1, -0.05) is 54.6 Å². The first-order valence-electron chi connectivity index (χ1n) is 8.29. The van der Waals surface area contributed by atoms with E-state index in [1.54, 1.807) is 0 Å². The molecule has 114 valence electrons. The van der Waals surface area contributed by atoms with Gasteiger partial charge in [0, 0.05) is 0 Å². The second-order valence-corrected chi connectivity index (χ2v) is 6.17. The predicted molar refractivity (Wildman–Crippen MR) is 94.2 cm³/mol. The van der Waals surface area contributed by atoms with Crippen molar-refractivity contribution in [3.63, 3.8) is 0 Å². The minimum atomic E-state index is 0.904. The molecule has 23 heavy (non-hydrogen) atoms. The van der Waals surface area contributed by atoms with Crippen molar-refractivity contribution >= 4 is 0 Å². The maximum Gasteiger partial charge on any atom is 0.130 e. The summed E-state index contributed by atoms with van der Waals surface area (Å²) in [5.74, 6) is 1.91. The van der Waals surface area contributed by atoms with E-state index in [2.05, 4.69) is 42.5 Å². The Bertz CT molecular complexity index is 788. The van der Waals surface area contributed by atoms with Gasteiger partial charge in [-0.25, -0.2) is 0 Å². The first kappa shape index (κ1) is 14.1. The molecule has 0 fully saturated rings. The first-order valence-corrected chi connectivity index (χ1v) is 8.29. The lowest BCUT2D eigenvalue weighted by Crippen LogP contribution is -2.00. The van der Waals surface area contributed by atoms with Crippen LogP contribution in [0.25, 0.3) is 0 Å². The number of hydrogen-bond donors (Lipinski definition) is 0. The smallest absolute Gasteiger partial charge is 0.130 e. The second-order valence-electron chi connectivity index (χ2n) is 6.17. The van der Waals surface area contributed by atoms with Crippen LogP contribution in [0.2, 0.25) is 0 Å². The molecule has 0 amide bonds. The van der Waals surface area contributed by atoms with Crippen LogP contribution in [0.5, 0.6) is 11.5 Å². The topological polar surface area (TPSA) is 9.23 Å². The molecule has 0 heterocycles. The van der Waals surface area contributed by atoms with Crippen molar-refractivity contribution in [2.45, 2.75) is 25.7 Å². The minimum absolute atomic E-state index is 0.904. The molecule has 4 aliphatic rings. The monoisotopic (exact) mass is 300 g/mol. The van der Waals surface area contributed by atoms with E-state index in [1.807, 2.05) is 30.3 Å². The number of aryl methyl sites for hydroxylation is 4. The molecule has 0 saturated heterocycles. The van der Waals surface area contributed by atoms with Crippen molar-refractivity contribution in [1.82, 2.24) is 0 Å². The molecule has 4 aliphatic carbocycles. The molecule has 1 nitrogen and oxygen atoms in total. The highest BCUT2D eigenvalue weighted by Crippen LogP contribution is 2.29. The first-order chi connectivity index (χ1) is 11.4. The average molecular weight is 300 g/mol. The van der Waals surface area contributed by atoms with E-state index >= 15 is 0 Å². The summed E-state index contributed by atoms with van der Waals surface area (Å²) in [4.78, 5) is 0. The molecule has 0 spiro atoms. The summed E-state index contributed by atoms with van der Waals surface area (Å²) < 4.78 is 6.17. The fourth-order valence-electron chi connectivity index (χ4n) is 3.11. The predicted octanol–water partition coefficient (Wildman–Crippen LogP) is 5.36. The second kappa shape index (κ2) is 6.29. The molecule has 0 atom stereocenters. The maximum absolute atomic E-state index is 6.17. The van der Waals surface area contributed by atoms with Crippen LogP contribution in [0.15, 0.2) is 72.8 Å². The molecule has 4 bridgehead atoms. The Hall–Kier alpha value is -2.54. The van der Waals surface area contributed by atoms with E-state index in [9.17, 15) is 0 Å². The lowest BCUT2D eigenvalue weighted by molar-refractivity contribution is 0.475. The van der Waals surface area contributed by atoms with Crippen LogP contribution in [0.3, 0.4) is 0 Å². The Kier molecular flexibility index (Phi) is 3.85. The highest BCUT2D eigenvalue weighted by molar-refractivity contribution is 5.42. The van der Waals surface area contributed by atoms with Crippen molar-refractivity contribution in [2.24, 2.45) is 0 Å². The summed E-state index contributed by atoms with van der Waals surface area (Å²) in [5.41, 5.74) is 5.42. The van der Waals surface area contributed by atoms with E-state index in [4.69, 9.17) is 4.74 Å². The maximum atomic E-state index is 6.17. The van der Waals surface area contributed by atoms with Gasteiger partial charge in [0.05, 0.1) is 0 Å². The lowest BCUT2D eigenvalue weighted by Gasteiger charge is -2.15. The zero-order valence-corrected chi connectivity index (χ0v) is 13.2. The van der Waals surface area contributed by atoms with Crippen molar-refractivity contribution < 1.29 is 4.74 Å². The fourth-order valence-corrected chi connectivity index (χ4v) is 3.11. The van der Waals surface area contributed by atoms with Gasteiger partial charge in [-0.3, -0.25) is 0 Å². The normalized spacial score (nSPS) is 13.4. The summed E-state index contributed by atoms with van der Waals surface area (Å²) in [6.07, 6.45) is 4.17. The number of para-hydroxylation sites is 1. The molecule has 0 radical (unpaired) electrons. The zero-order valence-electron chi connectivity index (χ0n) is 13.2. The van der Waals surface area contributed by atoms with Gasteiger partial charge in [-0.05, 0) is 66.1 Å². The molecule has 3 aromatic carbocycles. The van der Waals surface area contributed by atoms with Crippen molar-refractivity contribution in [3.05, 3.63) is 95.1 Å². The summed E-state index contributed by atoms with van der Waals surface area (Å²) in [7, 11) is 0. The number of benzene rings is 3. The van der Waals surface area contributed by atoms with Crippen LogP contribution < -0.4 is 4.74 Å². The van der Waals surface area contributed by atoms with Crippen LogP contribution in [-0.4, -0.2) is 0 Å². The van der Waals surface area contributed by atoms with Crippen LogP contribution in [0.4, 0.5) is 0 Å². The molecular formula is C22H20O. The minimum Gasteiger partial charge on any atom is -0.457 e. The standard InChI is InChI=1S/C22H20O/c1-2-4-21(5-3-1)23-22-16-19-11-10-17-6-8-18(9-7-17)12-14-20(22)15-13-19/h1-9,13,15-16H,10-12,14H2. The number of ether oxygens (including phenoxy) is 1. The van der Waals surface area contributed by atoms with E-state index in [1.165, 1.54) is 22.3 Å². The zero-order chi connectivity index (χ0) is 15.5. The van der Waals surface area contributed by atoms with Gasteiger partial charge in [0.2, 0.25) is 0 Å². The Morgan fingerprint density at radius 2 is 1.17 bits per heavy atom. The van der Waals surface area contributed by atoms with Gasteiger partial charge in [0.1, 0.15) is 11.5 Å². The number of rotatable bonds is 2. The van der Waals surface area contributed by atoms with Crippen LogP contribution >= 0.6 is 0 Å². The van der Waals surface area contributed by atoms with Gasteiger partial charge in [-0.15, -0.1) is 0 Å². The molecular weight excluding hydrogens is 280 g/mol. The molecule has 7 rings (SSSR count). The SMILES string of the molecule is c1ccc(Oc2cc3ccc2CCc2ccc(cc2)CC3)cc1. The molecule has 0 saturated carbocycles. The third kappa shape index (κ3) is 3.29. The van der Waals surface area contributed by atoms with Crippen molar-refractivity contribution in [2.75, 3.05) is 0 Å². The summed E-state index contributed by atoms with van der Waals surface area (Å²) >= 11 is 0. The van der Waals surface area contributed by atoms with E-state index in [0.29, 0.717) is 0 Å². The fraction of sp³-hybridized carbons (Fsp3) is 0.182. The Morgan fingerprint density at radius 3 is 1.91 bits per heavy atom. The molecule has 0 aliphatic heterocycles. The summed E-state index contributed by atoms with van der Waals surface area (Å²) in [5, 5.41) is 0. The van der Waals surface area contributed by atoms with E-state index in [-0.39, 0.29) is 0 Å². The highest BCUT2D eigenvalue weighted by Gasteiger charge is 2.09. The van der Waals surface area contributed by atoms with E-state index in [0.717, 1.165) is 37.2 Å². The number of hydrogen-bond acceptors (Lipinski definition) is 1. The van der Waals surface area contributed by atoms with Crippen LogP contribution in [0, 0.1) is 0 Å². The van der Waals surface area contributed by atoms with Crippen molar-refractivity contribution in [1.29, 1.82) is 0 Å². The van der Waals surface area contributed by atoms with Gasteiger partial charge >= 0.3 is 0 Å². The molecule has 1 heteroatoms. The van der Waals surface area contributed by atoms with Crippen LogP contribution in [0.1, 0.15) is 22.3 Å². The van der Waals surface area contributed by atoms with Gasteiger partial charge < -0.3 is 4.74 Å². The van der Waals surface area contributed by atoms with Gasteiger partial charge in [0.25, 0.3) is 0 Å². The molecule has 0 N–H and O–H groups in total. The lowest BCUT2D eigenvalue weighted by atomic mass is 9.96. The van der Waals surface area contributed by atoms with Crippen molar-refractivity contribution in [3.8, 4) is 11.5 Å². The Balaban J connectivity index is 1.68. The summed E-state index contributed by atoms with van der Waals surface area (Å²) in [6, 6.07) is 25.8. The third-order valence-electron chi connectivity index (χ3n) is 4.51. The van der Waals surface area contributed by atoms with Gasteiger partial charge in [0.15, 0.2) is 0 Å². The largest absolute Gasteiger partial charge is 0.457 e.